The second kappa shape index (κ2) is 4.99. The van der Waals surface area contributed by atoms with Gasteiger partial charge in [-0.3, -0.25) is 0 Å². The molecule has 1 rings (SSSR count). The van der Waals surface area contributed by atoms with Gasteiger partial charge in [0.25, 0.3) is 0 Å². The monoisotopic (exact) mass is 227 g/mol. The molecule has 0 aliphatic rings. The van der Waals surface area contributed by atoms with Gasteiger partial charge in [0.2, 0.25) is 0 Å². The molecule has 0 saturated heterocycles. The number of nitriles is 1. The summed E-state index contributed by atoms with van der Waals surface area (Å²) in [5, 5.41) is 27.7. The van der Waals surface area contributed by atoms with Crippen LogP contribution in [-0.4, -0.2) is 23.4 Å². The fraction of sp³-hybridized carbons (Fsp3) is 0.300. The molecule has 80 valence electrons. The Labute approximate surface area is 92.3 Å². The van der Waals surface area contributed by atoms with Crippen molar-refractivity contribution in [2.24, 2.45) is 0 Å². The van der Waals surface area contributed by atoms with Gasteiger partial charge < -0.3 is 14.9 Å². The van der Waals surface area contributed by atoms with Gasteiger partial charge >= 0.3 is 0 Å². The fourth-order valence-electron chi connectivity index (χ4n) is 1.18. The minimum absolute atomic E-state index is 0.291. The predicted molar refractivity (Wildman–Crippen MR) is 54.6 cm³/mol. The molecule has 5 heteroatoms. The van der Waals surface area contributed by atoms with E-state index >= 15 is 0 Å². The topological polar surface area (TPSA) is 73.5 Å². The number of nitrogens with zero attached hydrogens (tertiary/aromatic N) is 1. The van der Waals surface area contributed by atoms with Gasteiger partial charge in [0.05, 0.1) is 13.2 Å². The highest BCUT2D eigenvalue weighted by Gasteiger charge is 2.21. The lowest BCUT2D eigenvalue weighted by Crippen LogP contribution is -2.16. The maximum Gasteiger partial charge on any atom is 0.170 e. The summed E-state index contributed by atoms with van der Waals surface area (Å²) >= 11 is 5.73. The summed E-state index contributed by atoms with van der Waals surface area (Å²) in [6.07, 6.45) is -2.83. The lowest BCUT2D eigenvalue weighted by molar-refractivity contribution is 0.0511. The van der Waals surface area contributed by atoms with Gasteiger partial charge in [0.1, 0.15) is 11.9 Å². The van der Waals surface area contributed by atoms with E-state index in [2.05, 4.69) is 0 Å². The molecule has 0 heterocycles. The number of rotatable bonds is 3. The average Bonchev–Trinajstić information content (AvgIpc) is 2.27. The maximum atomic E-state index is 9.61. The standard InChI is InChI=1S/C10H10ClNO3/c1-15-9-3-2-6(11)4-7(9)10(14)8(13)5-12/h2-4,8,10,13-14H,1H3. The van der Waals surface area contributed by atoms with E-state index in [1.807, 2.05) is 0 Å². The Kier molecular flexibility index (Phi) is 3.92. The minimum Gasteiger partial charge on any atom is -0.496 e. The molecular weight excluding hydrogens is 218 g/mol. The zero-order valence-electron chi connectivity index (χ0n) is 8.01. The van der Waals surface area contributed by atoms with E-state index in [1.165, 1.54) is 13.2 Å². The first-order chi connectivity index (χ1) is 7.10. The van der Waals surface area contributed by atoms with Crippen molar-refractivity contribution in [1.29, 1.82) is 5.26 Å². The van der Waals surface area contributed by atoms with Gasteiger partial charge in [-0.15, -0.1) is 0 Å². The summed E-state index contributed by atoms with van der Waals surface area (Å²) < 4.78 is 4.98. The first kappa shape index (κ1) is 11.8. The second-order valence-electron chi connectivity index (χ2n) is 2.91. The number of aliphatic hydroxyl groups excluding tert-OH is 2. The molecule has 1 aromatic carbocycles. The fourth-order valence-corrected chi connectivity index (χ4v) is 1.36. The van der Waals surface area contributed by atoms with Crippen LogP contribution in [0.5, 0.6) is 5.75 Å². The molecule has 2 N–H and O–H groups in total. The molecule has 2 unspecified atom stereocenters. The molecule has 4 nitrogen and oxygen atoms in total. The molecule has 0 aromatic heterocycles. The Morgan fingerprint density at radius 2 is 2.13 bits per heavy atom. The molecule has 0 saturated carbocycles. The van der Waals surface area contributed by atoms with E-state index in [0.717, 1.165) is 0 Å². The highest BCUT2D eigenvalue weighted by atomic mass is 35.5. The van der Waals surface area contributed by atoms with Gasteiger partial charge in [-0.25, -0.2) is 0 Å². The number of benzene rings is 1. The molecular formula is C10H10ClNO3. The molecule has 0 aliphatic carbocycles. The number of methoxy groups -OCH3 is 1. The summed E-state index contributed by atoms with van der Waals surface area (Å²) in [6, 6.07) is 6.14. The van der Waals surface area contributed by atoms with E-state index in [0.29, 0.717) is 16.3 Å². The van der Waals surface area contributed by atoms with Crippen LogP contribution in [0.25, 0.3) is 0 Å². The second-order valence-corrected chi connectivity index (χ2v) is 3.34. The average molecular weight is 228 g/mol. The Morgan fingerprint density at radius 3 is 2.67 bits per heavy atom. The van der Waals surface area contributed by atoms with Crippen molar-refractivity contribution < 1.29 is 14.9 Å². The lowest BCUT2D eigenvalue weighted by Gasteiger charge is -2.15. The van der Waals surface area contributed by atoms with E-state index in [1.54, 1.807) is 18.2 Å². The Bertz CT molecular complexity index is 389. The molecule has 0 bridgehead atoms. The minimum atomic E-state index is -1.50. The van der Waals surface area contributed by atoms with E-state index in [4.69, 9.17) is 21.6 Å². The lowest BCUT2D eigenvalue weighted by atomic mass is 10.0. The highest BCUT2D eigenvalue weighted by molar-refractivity contribution is 6.30. The molecule has 0 fully saturated rings. The quantitative estimate of drug-likeness (QED) is 0.763. The van der Waals surface area contributed by atoms with Crippen LogP contribution >= 0.6 is 11.6 Å². The molecule has 0 amide bonds. The normalized spacial score (nSPS) is 14.1. The van der Waals surface area contributed by atoms with Gasteiger partial charge in [-0.05, 0) is 18.2 Å². The smallest absolute Gasteiger partial charge is 0.170 e. The molecule has 2 atom stereocenters. The van der Waals surface area contributed by atoms with E-state index < -0.39 is 12.2 Å². The third-order valence-electron chi connectivity index (χ3n) is 1.94. The molecule has 15 heavy (non-hydrogen) atoms. The zero-order chi connectivity index (χ0) is 11.4. The number of aliphatic hydroxyl groups is 2. The van der Waals surface area contributed by atoms with Crippen LogP contribution in [0.3, 0.4) is 0 Å². The van der Waals surface area contributed by atoms with Crippen LogP contribution in [0.15, 0.2) is 18.2 Å². The van der Waals surface area contributed by atoms with Crippen molar-refractivity contribution in [2.45, 2.75) is 12.2 Å². The van der Waals surface area contributed by atoms with Crippen LogP contribution in [0.2, 0.25) is 5.02 Å². The Morgan fingerprint density at radius 1 is 1.47 bits per heavy atom. The summed E-state index contributed by atoms with van der Waals surface area (Å²) in [7, 11) is 1.43. The zero-order valence-corrected chi connectivity index (χ0v) is 8.77. The van der Waals surface area contributed by atoms with Gasteiger partial charge in [0.15, 0.2) is 6.10 Å². The summed E-state index contributed by atoms with van der Waals surface area (Å²) in [4.78, 5) is 0. The van der Waals surface area contributed by atoms with E-state index in [9.17, 15) is 10.2 Å². The van der Waals surface area contributed by atoms with Crippen LogP contribution in [0.1, 0.15) is 11.7 Å². The summed E-state index contributed by atoms with van der Waals surface area (Å²) in [5.41, 5.74) is 0.291. The van der Waals surface area contributed by atoms with Gasteiger partial charge in [0, 0.05) is 10.6 Å². The van der Waals surface area contributed by atoms with Crippen molar-refractivity contribution in [3.63, 3.8) is 0 Å². The Balaban J connectivity index is 3.12. The third-order valence-corrected chi connectivity index (χ3v) is 2.18. The summed E-state index contributed by atoms with van der Waals surface area (Å²) in [5.74, 6) is 0.376. The van der Waals surface area contributed by atoms with E-state index in [-0.39, 0.29) is 0 Å². The highest BCUT2D eigenvalue weighted by Crippen LogP contribution is 2.29. The number of hydrogen-bond donors (Lipinski definition) is 2. The third kappa shape index (κ3) is 2.60. The first-order valence-electron chi connectivity index (χ1n) is 4.19. The van der Waals surface area contributed by atoms with Crippen molar-refractivity contribution in [3.8, 4) is 11.8 Å². The molecule has 0 aliphatic heterocycles. The summed E-state index contributed by atoms with van der Waals surface area (Å²) in [6.45, 7) is 0. The first-order valence-corrected chi connectivity index (χ1v) is 4.57. The van der Waals surface area contributed by atoms with Gasteiger partial charge in [-0.1, -0.05) is 11.6 Å². The van der Waals surface area contributed by atoms with Crippen LogP contribution in [-0.2, 0) is 0 Å². The van der Waals surface area contributed by atoms with Gasteiger partial charge in [-0.2, -0.15) is 5.26 Å². The van der Waals surface area contributed by atoms with Crippen LogP contribution in [0.4, 0.5) is 0 Å². The Hall–Kier alpha value is -1.28. The van der Waals surface area contributed by atoms with Crippen molar-refractivity contribution in [1.82, 2.24) is 0 Å². The largest absolute Gasteiger partial charge is 0.496 e. The van der Waals surface area contributed by atoms with Crippen LogP contribution < -0.4 is 4.74 Å². The maximum absolute atomic E-state index is 9.61. The van der Waals surface area contributed by atoms with Crippen molar-refractivity contribution >= 4 is 11.6 Å². The SMILES string of the molecule is COc1ccc(Cl)cc1C(O)C(O)C#N. The molecule has 1 aromatic rings. The van der Waals surface area contributed by atoms with Crippen molar-refractivity contribution in [3.05, 3.63) is 28.8 Å². The predicted octanol–water partition coefficient (Wildman–Crippen LogP) is 1.27. The number of ether oxygens (including phenoxy) is 1. The molecule has 0 spiro atoms. The number of hydrogen-bond acceptors (Lipinski definition) is 4. The van der Waals surface area contributed by atoms with Crippen molar-refractivity contribution in [2.75, 3.05) is 7.11 Å². The number of halogens is 1. The molecule has 0 radical (unpaired) electrons. The van der Waals surface area contributed by atoms with Crippen LogP contribution in [0, 0.1) is 11.3 Å².